The molecule has 0 aliphatic carbocycles. The number of phosphoric ester groups is 1. The zero-order chi connectivity index (χ0) is 27.4. The lowest BCUT2D eigenvalue weighted by Crippen LogP contribution is -2.13. The van der Waals surface area contributed by atoms with Gasteiger partial charge in [0.1, 0.15) is 43.0 Å². The number of phosphoric acid groups is 1. The highest BCUT2D eigenvalue weighted by molar-refractivity contribution is 7.46. The van der Waals surface area contributed by atoms with Gasteiger partial charge in [-0.25, -0.2) is 23.9 Å². The molecular formula is C26H23ClFN4O6P. The second kappa shape index (κ2) is 11.6. The van der Waals surface area contributed by atoms with E-state index in [0.29, 0.717) is 40.2 Å². The third-order valence-electron chi connectivity index (χ3n) is 5.74. The summed E-state index contributed by atoms with van der Waals surface area (Å²) in [5, 5.41) is 4.40. The quantitative estimate of drug-likeness (QED) is 0.219. The van der Waals surface area contributed by atoms with E-state index in [1.807, 2.05) is 18.2 Å². The molecule has 39 heavy (non-hydrogen) atoms. The molecule has 13 heteroatoms. The molecular weight excluding hydrogens is 550 g/mol. The smallest absolute Gasteiger partial charge is 0.469 e. The minimum absolute atomic E-state index is 0.177. The van der Waals surface area contributed by atoms with E-state index in [0.717, 1.165) is 16.5 Å². The lowest BCUT2D eigenvalue weighted by molar-refractivity contribution is 0.175. The first-order valence-electron chi connectivity index (χ1n) is 11.8. The average molecular weight is 573 g/mol. The summed E-state index contributed by atoms with van der Waals surface area (Å²) in [7, 11) is -4.56. The topological polar surface area (TPSA) is 135 Å². The number of fused-ring (bicyclic) bond motifs is 1. The predicted octanol–water partition coefficient (Wildman–Crippen LogP) is 5.19. The lowest BCUT2D eigenvalue weighted by atomic mass is 10.1. The van der Waals surface area contributed by atoms with E-state index in [-0.39, 0.29) is 25.6 Å². The summed E-state index contributed by atoms with van der Waals surface area (Å²) in [6.07, 6.45) is 1.83. The van der Waals surface area contributed by atoms with Gasteiger partial charge < -0.3 is 24.6 Å². The van der Waals surface area contributed by atoms with E-state index in [2.05, 4.69) is 24.8 Å². The van der Waals surface area contributed by atoms with Crippen LogP contribution in [0.2, 0.25) is 5.02 Å². The fraction of sp³-hybridized carbons (Fsp3) is 0.192. The lowest BCUT2D eigenvalue weighted by Gasteiger charge is -2.12. The van der Waals surface area contributed by atoms with Crippen LogP contribution in [0.15, 0.2) is 72.0 Å². The molecule has 1 aromatic heterocycles. The Hall–Kier alpha value is -3.60. The van der Waals surface area contributed by atoms with Gasteiger partial charge in [0.25, 0.3) is 0 Å². The number of halogens is 2. The number of ether oxygens (including phenoxy) is 2. The molecule has 0 fully saturated rings. The Kier molecular flexibility index (Phi) is 8.06. The Morgan fingerprint density at radius 1 is 1.10 bits per heavy atom. The van der Waals surface area contributed by atoms with Gasteiger partial charge in [-0.05, 0) is 53.6 Å². The van der Waals surface area contributed by atoms with Crippen LogP contribution in [0.1, 0.15) is 11.1 Å². The monoisotopic (exact) mass is 572 g/mol. The van der Waals surface area contributed by atoms with Crippen LogP contribution in [-0.2, 0) is 26.9 Å². The molecule has 1 atom stereocenters. The minimum atomic E-state index is -4.56. The number of hydrogen-bond acceptors (Lipinski definition) is 8. The molecule has 0 amide bonds. The second-order valence-electron chi connectivity index (χ2n) is 8.71. The van der Waals surface area contributed by atoms with Gasteiger partial charge in [0.05, 0.1) is 17.1 Å². The summed E-state index contributed by atoms with van der Waals surface area (Å²) in [4.78, 5) is 30.8. The Bertz CT molecular complexity index is 1580. The predicted molar refractivity (Wildman–Crippen MR) is 144 cm³/mol. The molecule has 202 valence electrons. The fourth-order valence-corrected chi connectivity index (χ4v) is 4.55. The van der Waals surface area contributed by atoms with Crippen molar-refractivity contribution in [2.24, 2.45) is 4.99 Å². The van der Waals surface area contributed by atoms with E-state index < -0.39 is 13.9 Å². The first kappa shape index (κ1) is 27.0. The number of anilines is 2. The van der Waals surface area contributed by atoms with E-state index in [4.69, 9.17) is 30.9 Å². The van der Waals surface area contributed by atoms with Crippen molar-refractivity contribution in [3.63, 3.8) is 0 Å². The molecule has 4 aromatic rings. The van der Waals surface area contributed by atoms with Crippen molar-refractivity contribution in [3.8, 4) is 5.75 Å². The van der Waals surface area contributed by atoms with Crippen molar-refractivity contribution < 1.29 is 32.7 Å². The number of benzene rings is 3. The maximum absolute atomic E-state index is 13.4. The number of aliphatic imine (C=N–C) groups is 1. The molecule has 1 aliphatic rings. The molecule has 0 unspecified atom stereocenters. The molecule has 3 N–H and O–H groups in total. The van der Waals surface area contributed by atoms with Gasteiger partial charge in [-0.1, -0.05) is 29.8 Å². The molecule has 5 rings (SSSR count). The van der Waals surface area contributed by atoms with Gasteiger partial charge in [-0.3, -0.25) is 4.52 Å². The molecule has 1 aliphatic heterocycles. The van der Waals surface area contributed by atoms with Crippen LogP contribution in [0.4, 0.5) is 15.9 Å². The third kappa shape index (κ3) is 7.29. The molecule has 3 aromatic carbocycles. The molecule has 0 radical (unpaired) electrons. The van der Waals surface area contributed by atoms with Crippen molar-refractivity contribution in [1.82, 2.24) is 9.97 Å². The van der Waals surface area contributed by atoms with E-state index in [9.17, 15) is 8.96 Å². The Morgan fingerprint density at radius 2 is 1.97 bits per heavy atom. The van der Waals surface area contributed by atoms with E-state index in [1.54, 1.807) is 30.3 Å². The molecule has 2 heterocycles. The van der Waals surface area contributed by atoms with E-state index >= 15 is 0 Å². The standard InChI is InChI=1S/C26H23ClFN4O6P/c27-22-11-19(5-7-24(22)36-12-17-2-1-3-18(28)8-17)32-26-21-9-16(4-6-23(21)29-15-30-26)10-25-31-20(13-37-25)14-38-39(33,34)35/h1-9,11,15,20H,10,12-14H2,(H,29,30,32)(H2,33,34,35)/t20-/m1/s1. The zero-order valence-electron chi connectivity index (χ0n) is 20.3. The Labute approximate surface area is 227 Å². The number of nitrogens with zero attached hydrogens (tertiary/aromatic N) is 3. The van der Waals surface area contributed by atoms with Crippen LogP contribution in [-0.4, -0.2) is 44.9 Å². The van der Waals surface area contributed by atoms with Gasteiger partial charge >= 0.3 is 7.82 Å². The summed E-state index contributed by atoms with van der Waals surface area (Å²) >= 11 is 6.44. The number of nitrogens with one attached hydrogen (secondary N) is 1. The summed E-state index contributed by atoms with van der Waals surface area (Å²) in [5.74, 6) is 1.14. The molecule has 0 bridgehead atoms. The first-order valence-corrected chi connectivity index (χ1v) is 13.7. The molecule has 0 saturated carbocycles. The van der Waals surface area contributed by atoms with Crippen LogP contribution in [0.3, 0.4) is 0 Å². The largest absolute Gasteiger partial charge is 0.487 e. The molecule has 0 saturated heterocycles. The summed E-state index contributed by atoms with van der Waals surface area (Å²) in [5.41, 5.74) is 2.98. The fourth-order valence-electron chi connectivity index (χ4n) is 3.94. The highest BCUT2D eigenvalue weighted by atomic mass is 35.5. The first-order chi connectivity index (χ1) is 18.7. The number of hydrogen-bond donors (Lipinski definition) is 3. The van der Waals surface area contributed by atoms with Gasteiger partial charge in [-0.2, -0.15) is 0 Å². The molecule has 10 nitrogen and oxygen atoms in total. The second-order valence-corrected chi connectivity index (χ2v) is 10.4. The SMILES string of the molecule is O=P(O)(O)OC[C@H]1COC(Cc2ccc3ncnc(Nc4ccc(OCc5cccc(F)c5)c(Cl)c4)c3c2)=N1. The van der Waals surface area contributed by atoms with Crippen molar-refractivity contribution in [2.75, 3.05) is 18.5 Å². The van der Waals surface area contributed by atoms with Crippen LogP contribution in [0, 0.1) is 5.82 Å². The van der Waals surface area contributed by atoms with E-state index in [1.165, 1.54) is 18.5 Å². The van der Waals surface area contributed by atoms with Gasteiger partial charge in [0.15, 0.2) is 5.90 Å². The zero-order valence-corrected chi connectivity index (χ0v) is 22.0. The number of rotatable bonds is 10. The van der Waals surface area contributed by atoms with Gasteiger partial charge in [0, 0.05) is 17.5 Å². The Balaban J connectivity index is 1.28. The van der Waals surface area contributed by atoms with Gasteiger partial charge in [-0.15, -0.1) is 0 Å². The van der Waals surface area contributed by atoms with Crippen molar-refractivity contribution in [3.05, 3.63) is 89.0 Å². The van der Waals surface area contributed by atoms with Crippen LogP contribution in [0.25, 0.3) is 10.9 Å². The maximum Gasteiger partial charge on any atom is 0.469 e. The third-order valence-corrected chi connectivity index (χ3v) is 6.52. The summed E-state index contributed by atoms with van der Waals surface area (Å²) < 4.78 is 40.2. The highest BCUT2D eigenvalue weighted by Gasteiger charge is 2.23. The van der Waals surface area contributed by atoms with Crippen LogP contribution >= 0.6 is 19.4 Å². The maximum atomic E-state index is 13.4. The summed E-state index contributed by atoms with van der Waals surface area (Å²) in [6.45, 7) is 0.127. The average Bonchev–Trinajstić information content (AvgIpc) is 3.34. The van der Waals surface area contributed by atoms with Crippen LogP contribution < -0.4 is 10.1 Å². The summed E-state index contributed by atoms with van der Waals surface area (Å²) in [6, 6.07) is 16.6. The minimum Gasteiger partial charge on any atom is -0.487 e. The van der Waals surface area contributed by atoms with Crippen LogP contribution in [0.5, 0.6) is 5.75 Å². The van der Waals surface area contributed by atoms with Crippen molar-refractivity contribution >= 4 is 47.7 Å². The van der Waals surface area contributed by atoms with Crippen molar-refractivity contribution in [2.45, 2.75) is 19.1 Å². The van der Waals surface area contributed by atoms with Crippen molar-refractivity contribution in [1.29, 1.82) is 0 Å². The van der Waals surface area contributed by atoms with Gasteiger partial charge in [0.2, 0.25) is 0 Å². The molecule has 0 spiro atoms. The highest BCUT2D eigenvalue weighted by Crippen LogP contribution is 2.36. The Morgan fingerprint density at radius 3 is 2.77 bits per heavy atom. The normalized spacial score (nSPS) is 15.2. The number of aromatic nitrogens is 2.